The van der Waals surface area contributed by atoms with E-state index in [2.05, 4.69) is 4.98 Å². The lowest BCUT2D eigenvalue weighted by Crippen LogP contribution is -2.44. The molecule has 5 nitrogen and oxygen atoms in total. The smallest absolute Gasteiger partial charge is 0.361 e. The zero-order valence-electron chi connectivity index (χ0n) is 22.2. The summed E-state index contributed by atoms with van der Waals surface area (Å²) in [4.78, 5) is 32.9. The van der Waals surface area contributed by atoms with Crippen molar-refractivity contribution in [1.82, 2.24) is 14.8 Å². The molecule has 0 radical (unpaired) electrons. The molecule has 0 unspecified atom stereocenters. The predicted octanol–water partition coefficient (Wildman–Crippen LogP) is 6.84. The fraction of sp³-hybridized carbons (Fsp3) is 0.290. The standard InChI is InChI=1S/C31H31F4N3O2/c1-2-3-17-38(30(40)26-9-4-6-10-27(26)32)21-29(39)37(20-22-12-14-24(15-13-22)31(33,34)35)18-16-23-19-36-28-11-7-5-8-25(23)28/h4-15,19,36H,2-3,16-18,20-21H2,1H3. The highest BCUT2D eigenvalue weighted by molar-refractivity contribution is 5.96. The second-order valence-corrected chi connectivity index (χ2v) is 9.68. The van der Waals surface area contributed by atoms with Crippen LogP contribution >= 0.6 is 0 Å². The Hall–Kier alpha value is -4.14. The van der Waals surface area contributed by atoms with Gasteiger partial charge in [-0.25, -0.2) is 4.39 Å². The zero-order valence-corrected chi connectivity index (χ0v) is 22.2. The lowest BCUT2D eigenvalue weighted by Gasteiger charge is -2.28. The van der Waals surface area contributed by atoms with Gasteiger partial charge in [0.25, 0.3) is 5.91 Å². The summed E-state index contributed by atoms with van der Waals surface area (Å²) < 4.78 is 53.6. The normalized spacial score (nSPS) is 11.5. The Morgan fingerprint density at radius 2 is 1.57 bits per heavy atom. The van der Waals surface area contributed by atoms with E-state index in [-0.39, 0.29) is 37.6 Å². The van der Waals surface area contributed by atoms with Gasteiger partial charge in [-0.3, -0.25) is 9.59 Å². The Bertz CT molecular complexity index is 1450. The van der Waals surface area contributed by atoms with Crippen molar-refractivity contribution < 1.29 is 27.2 Å². The molecule has 1 N–H and O–H groups in total. The number of aromatic nitrogens is 1. The fourth-order valence-electron chi connectivity index (χ4n) is 4.57. The number of unbranched alkanes of at least 4 members (excludes halogenated alkanes) is 1. The number of carbonyl (C=O) groups excluding carboxylic acids is 2. The van der Waals surface area contributed by atoms with Crippen LogP contribution in [0.3, 0.4) is 0 Å². The molecule has 0 aliphatic rings. The van der Waals surface area contributed by atoms with Gasteiger partial charge in [0.2, 0.25) is 5.91 Å². The first-order chi connectivity index (χ1) is 19.2. The number of benzene rings is 3. The summed E-state index contributed by atoms with van der Waals surface area (Å²) in [5.41, 5.74) is 1.60. The number of carbonyl (C=O) groups is 2. The van der Waals surface area contributed by atoms with Crippen LogP contribution in [0.1, 0.15) is 46.8 Å². The van der Waals surface area contributed by atoms with Crippen LogP contribution in [0.5, 0.6) is 0 Å². The monoisotopic (exact) mass is 553 g/mol. The zero-order chi connectivity index (χ0) is 28.7. The summed E-state index contributed by atoms with van der Waals surface area (Å²) in [5.74, 6) is -1.62. The average molecular weight is 554 g/mol. The van der Waals surface area contributed by atoms with Crippen LogP contribution in [0, 0.1) is 5.82 Å². The molecule has 0 saturated carbocycles. The Morgan fingerprint density at radius 1 is 0.875 bits per heavy atom. The highest BCUT2D eigenvalue weighted by Crippen LogP contribution is 2.29. The van der Waals surface area contributed by atoms with Gasteiger partial charge in [0, 0.05) is 36.7 Å². The lowest BCUT2D eigenvalue weighted by atomic mass is 10.1. The first kappa shape index (κ1) is 28.9. The molecule has 210 valence electrons. The number of halogens is 4. The molecule has 40 heavy (non-hydrogen) atoms. The largest absolute Gasteiger partial charge is 0.416 e. The van der Waals surface area contributed by atoms with Crippen molar-refractivity contribution in [2.75, 3.05) is 19.6 Å². The number of aromatic amines is 1. The lowest BCUT2D eigenvalue weighted by molar-refractivity contribution is -0.137. The van der Waals surface area contributed by atoms with Gasteiger partial charge >= 0.3 is 6.18 Å². The first-order valence-corrected chi connectivity index (χ1v) is 13.2. The summed E-state index contributed by atoms with van der Waals surface area (Å²) in [7, 11) is 0. The van der Waals surface area contributed by atoms with Crippen LogP contribution < -0.4 is 0 Å². The number of hydrogen-bond acceptors (Lipinski definition) is 2. The summed E-state index contributed by atoms with van der Waals surface area (Å²) >= 11 is 0. The van der Waals surface area contributed by atoms with E-state index in [0.717, 1.165) is 35.0 Å². The van der Waals surface area contributed by atoms with E-state index in [0.29, 0.717) is 18.4 Å². The number of nitrogens with zero attached hydrogens (tertiary/aromatic N) is 2. The third-order valence-corrected chi connectivity index (χ3v) is 6.83. The molecular weight excluding hydrogens is 522 g/mol. The molecule has 0 aliphatic carbocycles. The quantitative estimate of drug-likeness (QED) is 0.207. The topological polar surface area (TPSA) is 56.4 Å². The molecule has 1 heterocycles. The van der Waals surface area contributed by atoms with Gasteiger partial charge in [-0.1, -0.05) is 55.8 Å². The van der Waals surface area contributed by atoms with E-state index in [9.17, 15) is 27.2 Å². The van der Waals surface area contributed by atoms with Crippen molar-refractivity contribution in [2.24, 2.45) is 0 Å². The number of H-pyrrole nitrogens is 1. The highest BCUT2D eigenvalue weighted by atomic mass is 19.4. The maximum atomic E-state index is 14.4. The van der Waals surface area contributed by atoms with Crippen molar-refractivity contribution in [3.63, 3.8) is 0 Å². The number of fused-ring (bicyclic) bond motifs is 1. The van der Waals surface area contributed by atoms with Gasteiger partial charge in [-0.05, 0) is 54.3 Å². The third-order valence-electron chi connectivity index (χ3n) is 6.83. The first-order valence-electron chi connectivity index (χ1n) is 13.2. The number of rotatable bonds is 11. The molecule has 1 aromatic heterocycles. The molecule has 9 heteroatoms. The Labute approximate surface area is 230 Å². The number of alkyl halides is 3. The molecule has 0 saturated heterocycles. The van der Waals surface area contributed by atoms with E-state index >= 15 is 0 Å². The summed E-state index contributed by atoms with van der Waals surface area (Å²) in [5, 5.41) is 1.02. The minimum Gasteiger partial charge on any atom is -0.361 e. The molecule has 0 atom stereocenters. The van der Waals surface area contributed by atoms with Crippen LogP contribution in [0.15, 0.2) is 79.0 Å². The molecule has 3 aromatic carbocycles. The Morgan fingerprint density at radius 3 is 2.27 bits per heavy atom. The van der Waals surface area contributed by atoms with Crippen molar-refractivity contribution in [3.8, 4) is 0 Å². The van der Waals surface area contributed by atoms with E-state index in [1.54, 1.807) is 6.07 Å². The molecule has 0 spiro atoms. The number of para-hydroxylation sites is 1. The van der Waals surface area contributed by atoms with E-state index < -0.39 is 23.5 Å². The molecule has 4 rings (SSSR count). The van der Waals surface area contributed by atoms with Crippen LogP contribution in [-0.4, -0.2) is 46.2 Å². The van der Waals surface area contributed by atoms with Crippen molar-refractivity contribution in [1.29, 1.82) is 0 Å². The van der Waals surface area contributed by atoms with E-state index in [4.69, 9.17) is 0 Å². The molecule has 2 amide bonds. The summed E-state index contributed by atoms with van der Waals surface area (Å²) in [6.07, 6.45) is -0.698. The minimum absolute atomic E-state index is 0.0643. The Kier molecular flexibility index (Phi) is 9.24. The van der Waals surface area contributed by atoms with Gasteiger partial charge in [0.15, 0.2) is 0 Å². The van der Waals surface area contributed by atoms with Gasteiger partial charge in [-0.2, -0.15) is 13.2 Å². The third kappa shape index (κ3) is 7.08. The SMILES string of the molecule is CCCCN(CC(=O)N(CCc1c[nH]c2ccccc12)Cc1ccc(C(F)(F)F)cc1)C(=O)c1ccccc1F. The van der Waals surface area contributed by atoms with E-state index in [1.165, 1.54) is 40.1 Å². The predicted molar refractivity (Wildman–Crippen MR) is 146 cm³/mol. The van der Waals surface area contributed by atoms with Crippen molar-refractivity contribution in [2.45, 2.75) is 38.9 Å². The van der Waals surface area contributed by atoms with Gasteiger partial charge in [0.1, 0.15) is 12.4 Å². The van der Waals surface area contributed by atoms with Crippen LogP contribution in [-0.2, 0) is 23.9 Å². The van der Waals surface area contributed by atoms with Crippen molar-refractivity contribution >= 4 is 22.7 Å². The highest BCUT2D eigenvalue weighted by Gasteiger charge is 2.30. The molecule has 4 aromatic rings. The van der Waals surface area contributed by atoms with Crippen LogP contribution in [0.4, 0.5) is 17.6 Å². The average Bonchev–Trinajstić information content (AvgIpc) is 3.36. The molecule has 0 aliphatic heterocycles. The van der Waals surface area contributed by atoms with E-state index in [1.807, 2.05) is 37.4 Å². The number of amides is 2. The summed E-state index contributed by atoms with van der Waals surface area (Å²) in [6.45, 7) is 2.28. The maximum absolute atomic E-state index is 14.4. The molecular formula is C31H31F4N3O2. The second-order valence-electron chi connectivity index (χ2n) is 9.68. The van der Waals surface area contributed by atoms with Gasteiger partial charge in [0.05, 0.1) is 11.1 Å². The number of nitrogens with one attached hydrogen (secondary N) is 1. The minimum atomic E-state index is -4.46. The summed E-state index contributed by atoms with van der Waals surface area (Å²) in [6, 6.07) is 18.1. The van der Waals surface area contributed by atoms with Crippen LogP contribution in [0.2, 0.25) is 0 Å². The molecule has 0 bridgehead atoms. The van der Waals surface area contributed by atoms with Crippen molar-refractivity contribution in [3.05, 3.63) is 107 Å². The molecule has 0 fully saturated rings. The van der Waals surface area contributed by atoms with Crippen LogP contribution in [0.25, 0.3) is 10.9 Å². The Balaban J connectivity index is 1.57. The maximum Gasteiger partial charge on any atom is 0.416 e. The number of hydrogen-bond donors (Lipinski definition) is 1. The second kappa shape index (κ2) is 12.8. The van der Waals surface area contributed by atoms with Gasteiger partial charge in [-0.15, -0.1) is 0 Å². The van der Waals surface area contributed by atoms with Gasteiger partial charge < -0.3 is 14.8 Å². The fourth-order valence-corrected chi connectivity index (χ4v) is 4.57.